The number of H-pyrrole nitrogens is 1. The summed E-state index contributed by atoms with van der Waals surface area (Å²) < 4.78 is 30.1. The Morgan fingerprint density at radius 2 is 2.19 bits per heavy atom. The number of hydrogen-bond acceptors (Lipinski definition) is 5. The Labute approximate surface area is 175 Å². The number of imidazole rings is 1. The van der Waals surface area contributed by atoms with E-state index in [4.69, 9.17) is 0 Å². The maximum Gasteiger partial charge on any atom is 0.231 e. The van der Waals surface area contributed by atoms with Gasteiger partial charge in [0.2, 0.25) is 5.91 Å². The normalized spacial score (nSPS) is 19.1. The van der Waals surface area contributed by atoms with Crippen molar-refractivity contribution in [3.8, 4) is 11.3 Å². The molecule has 1 aliphatic carbocycles. The molecule has 0 radical (unpaired) electrons. The van der Waals surface area contributed by atoms with Crippen LogP contribution >= 0.6 is 0 Å². The predicted molar refractivity (Wildman–Crippen MR) is 110 cm³/mol. The molecular formula is C21H20F2N6O2. The van der Waals surface area contributed by atoms with Crippen LogP contribution in [0.1, 0.15) is 30.4 Å². The van der Waals surface area contributed by atoms with E-state index in [0.717, 1.165) is 0 Å². The van der Waals surface area contributed by atoms with Crippen LogP contribution in [0.15, 0.2) is 24.8 Å². The number of benzene rings is 1. The summed E-state index contributed by atoms with van der Waals surface area (Å²) in [6.45, 7) is 3.22. The molecule has 3 N–H and O–H groups in total. The minimum atomic E-state index is -1.09. The maximum absolute atomic E-state index is 15.3. The maximum atomic E-state index is 15.3. The first-order valence-corrected chi connectivity index (χ1v) is 9.95. The summed E-state index contributed by atoms with van der Waals surface area (Å²) in [4.78, 5) is 20.7. The van der Waals surface area contributed by atoms with Gasteiger partial charge in [-0.25, -0.2) is 13.8 Å². The molecule has 1 amide bonds. The molecule has 4 aromatic rings. The predicted octanol–water partition coefficient (Wildman–Crippen LogP) is 3.11. The number of carbonyl (C=O) groups is 1. The first kappa shape index (κ1) is 19.6. The van der Waals surface area contributed by atoms with E-state index in [9.17, 15) is 14.3 Å². The highest BCUT2D eigenvalue weighted by Gasteiger charge is 2.43. The lowest BCUT2D eigenvalue weighted by Crippen LogP contribution is -2.15. The summed E-state index contributed by atoms with van der Waals surface area (Å²) >= 11 is 0. The Morgan fingerprint density at radius 1 is 1.42 bits per heavy atom. The second kappa shape index (κ2) is 7.09. The quantitative estimate of drug-likeness (QED) is 0.454. The number of fused-ring (bicyclic) bond motifs is 2. The number of alkyl halides is 1. The number of anilines is 1. The minimum Gasteiger partial charge on any atom is -0.396 e. The molecular weight excluding hydrogens is 406 g/mol. The lowest BCUT2D eigenvalue weighted by atomic mass is 9.91. The topological polar surface area (TPSA) is 108 Å². The molecule has 0 bridgehead atoms. The van der Waals surface area contributed by atoms with Crippen molar-refractivity contribution in [1.82, 2.24) is 24.6 Å². The van der Waals surface area contributed by atoms with Crippen LogP contribution in [0.3, 0.4) is 0 Å². The van der Waals surface area contributed by atoms with Crippen LogP contribution in [-0.4, -0.2) is 48.4 Å². The summed E-state index contributed by atoms with van der Waals surface area (Å²) in [5, 5.41) is 19.8. The van der Waals surface area contributed by atoms with Crippen LogP contribution in [0.2, 0.25) is 0 Å². The molecule has 1 unspecified atom stereocenters. The van der Waals surface area contributed by atoms with E-state index in [1.165, 1.54) is 6.20 Å². The second-order valence-corrected chi connectivity index (χ2v) is 7.98. The second-order valence-electron chi connectivity index (χ2n) is 7.98. The van der Waals surface area contributed by atoms with Crippen molar-refractivity contribution in [2.45, 2.75) is 32.4 Å². The lowest BCUT2D eigenvalue weighted by molar-refractivity contribution is -0.117. The highest BCUT2D eigenvalue weighted by Crippen LogP contribution is 2.38. The summed E-state index contributed by atoms with van der Waals surface area (Å²) in [6, 6.07) is 0. The van der Waals surface area contributed by atoms with E-state index >= 15 is 4.39 Å². The molecule has 3 heterocycles. The Balaban J connectivity index is 1.58. The van der Waals surface area contributed by atoms with E-state index in [2.05, 4.69) is 25.5 Å². The fourth-order valence-corrected chi connectivity index (χ4v) is 3.93. The summed E-state index contributed by atoms with van der Waals surface area (Å²) in [5.41, 5.74) is 2.86. The van der Waals surface area contributed by atoms with Crippen molar-refractivity contribution in [3.63, 3.8) is 0 Å². The largest absolute Gasteiger partial charge is 0.396 e. The number of amides is 1. The zero-order valence-corrected chi connectivity index (χ0v) is 16.9. The molecule has 5 rings (SSSR count). The SMILES string of the molecule is Cc1c(F)c(C(C)CO)c2[nH]ncc2c1-c1cn2cc(NC(=O)[C@@H]3C[C@@H]3F)nc2cn1. The Hall–Kier alpha value is -3.40. The van der Waals surface area contributed by atoms with Gasteiger partial charge in [0.05, 0.1) is 35.7 Å². The number of carbonyl (C=O) groups excluding carboxylic acids is 1. The minimum absolute atomic E-state index is 0.193. The number of rotatable bonds is 5. The molecule has 0 saturated heterocycles. The first-order chi connectivity index (χ1) is 14.9. The van der Waals surface area contributed by atoms with Gasteiger partial charge in [0.15, 0.2) is 11.5 Å². The van der Waals surface area contributed by atoms with Gasteiger partial charge < -0.3 is 14.8 Å². The van der Waals surface area contributed by atoms with Crippen molar-refractivity contribution in [1.29, 1.82) is 0 Å². The number of aliphatic hydroxyl groups is 1. The molecule has 1 aliphatic rings. The Morgan fingerprint density at radius 3 is 2.90 bits per heavy atom. The van der Waals surface area contributed by atoms with Crippen LogP contribution in [-0.2, 0) is 4.79 Å². The van der Waals surface area contributed by atoms with Gasteiger partial charge in [-0.1, -0.05) is 6.92 Å². The first-order valence-electron chi connectivity index (χ1n) is 9.95. The molecule has 3 aromatic heterocycles. The van der Waals surface area contributed by atoms with Crippen LogP contribution < -0.4 is 5.32 Å². The Kier molecular flexibility index (Phi) is 4.47. The fourth-order valence-electron chi connectivity index (χ4n) is 3.93. The van der Waals surface area contributed by atoms with Crippen LogP contribution in [0.25, 0.3) is 27.8 Å². The summed E-state index contributed by atoms with van der Waals surface area (Å²) in [7, 11) is 0. The van der Waals surface area contributed by atoms with E-state index in [1.807, 2.05) is 0 Å². The summed E-state index contributed by atoms with van der Waals surface area (Å²) in [5.74, 6) is -1.53. The molecule has 0 aliphatic heterocycles. The van der Waals surface area contributed by atoms with Gasteiger partial charge in [-0.3, -0.25) is 14.9 Å². The van der Waals surface area contributed by atoms with Crippen LogP contribution in [0, 0.1) is 18.7 Å². The zero-order chi connectivity index (χ0) is 21.9. The average Bonchev–Trinajstić information content (AvgIpc) is 3.12. The highest BCUT2D eigenvalue weighted by atomic mass is 19.1. The number of hydrogen-bond donors (Lipinski definition) is 3. The number of aliphatic hydroxyl groups excluding tert-OH is 1. The van der Waals surface area contributed by atoms with Crippen molar-refractivity contribution in [2.75, 3.05) is 11.9 Å². The van der Waals surface area contributed by atoms with Crippen molar-refractivity contribution in [3.05, 3.63) is 41.7 Å². The molecule has 160 valence electrons. The Bertz CT molecular complexity index is 1330. The van der Waals surface area contributed by atoms with Gasteiger partial charge in [-0.15, -0.1) is 0 Å². The number of halogens is 2. The fraction of sp³-hybridized carbons (Fsp3) is 0.333. The van der Waals surface area contributed by atoms with E-state index < -0.39 is 29.7 Å². The third-order valence-electron chi connectivity index (χ3n) is 5.78. The molecule has 31 heavy (non-hydrogen) atoms. The molecule has 10 heteroatoms. The van der Waals surface area contributed by atoms with E-state index in [1.54, 1.807) is 36.8 Å². The molecule has 0 spiro atoms. The van der Waals surface area contributed by atoms with Gasteiger partial charge in [0.25, 0.3) is 0 Å². The number of aromatic nitrogens is 5. The third kappa shape index (κ3) is 3.14. The van der Waals surface area contributed by atoms with Gasteiger partial charge >= 0.3 is 0 Å². The molecule has 3 atom stereocenters. The summed E-state index contributed by atoms with van der Waals surface area (Å²) in [6.07, 6.45) is 5.58. The third-order valence-corrected chi connectivity index (χ3v) is 5.78. The van der Waals surface area contributed by atoms with Crippen molar-refractivity contribution >= 4 is 28.3 Å². The molecule has 1 aromatic carbocycles. The average molecular weight is 426 g/mol. The van der Waals surface area contributed by atoms with Gasteiger partial charge in [0.1, 0.15) is 12.0 Å². The van der Waals surface area contributed by atoms with E-state index in [-0.39, 0.29) is 13.0 Å². The lowest BCUT2D eigenvalue weighted by Gasteiger charge is -2.16. The zero-order valence-electron chi connectivity index (χ0n) is 16.9. The smallest absolute Gasteiger partial charge is 0.231 e. The van der Waals surface area contributed by atoms with Gasteiger partial charge in [-0.2, -0.15) is 5.10 Å². The number of nitrogens with one attached hydrogen (secondary N) is 2. The number of nitrogens with zero attached hydrogens (tertiary/aromatic N) is 4. The van der Waals surface area contributed by atoms with E-state index in [0.29, 0.717) is 44.8 Å². The van der Waals surface area contributed by atoms with Gasteiger partial charge in [0, 0.05) is 35.2 Å². The van der Waals surface area contributed by atoms with Crippen molar-refractivity contribution in [2.24, 2.45) is 5.92 Å². The van der Waals surface area contributed by atoms with Gasteiger partial charge in [-0.05, 0) is 18.9 Å². The van der Waals surface area contributed by atoms with Crippen LogP contribution in [0.5, 0.6) is 0 Å². The monoisotopic (exact) mass is 426 g/mol. The van der Waals surface area contributed by atoms with Crippen molar-refractivity contribution < 1.29 is 18.7 Å². The molecule has 1 saturated carbocycles. The molecule has 8 nitrogen and oxygen atoms in total. The highest BCUT2D eigenvalue weighted by molar-refractivity contribution is 5.97. The van der Waals surface area contributed by atoms with Crippen LogP contribution in [0.4, 0.5) is 14.6 Å². The number of aromatic amines is 1. The molecule has 1 fully saturated rings. The standard InChI is InChI=1S/C21H20F2N6O2/c1-9(8-30)17-19(23)10(2)18(12-4-25-28-20(12)17)14-6-29-7-15(26-16(29)5-24-14)27-21(31)11-3-13(11)22/h4-7,9,11,13,30H,3,8H2,1-2H3,(H,25,28)(H,27,31)/t9?,11-,13+/m1/s1.